The SMILES string of the molecule is CC[C@@H]1[C@@H](CC)C(c2ccccc2OC)[C@@H]1c1ccccc1OC. The molecular weight excluding hydrogens is 296 g/mol. The largest absolute Gasteiger partial charge is 0.496 e. The number of rotatable bonds is 6. The van der Waals surface area contributed by atoms with Crippen molar-refractivity contribution in [3.63, 3.8) is 0 Å². The summed E-state index contributed by atoms with van der Waals surface area (Å²) in [6.45, 7) is 4.63. The highest BCUT2D eigenvalue weighted by Crippen LogP contribution is 2.62. The molecule has 1 aliphatic carbocycles. The standard InChI is InChI=1S/C22H28O2/c1-5-15-16(6-2)22(18-12-8-10-14-20(18)24-4)21(15)17-11-7-9-13-19(17)23-3/h7-16,21-22H,5-6H2,1-4H3/t15-,16-,21+,22?/m1/s1. The van der Waals surface area contributed by atoms with Gasteiger partial charge < -0.3 is 9.47 Å². The first-order valence-corrected chi connectivity index (χ1v) is 9.02. The molecule has 0 radical (unpaired) electrons. The Morgan fingerprint density at radius 1 is 0.667 bits per heavy atom. The number of ether oxygens (including phenoxy) is 2. The lowest BCUT2D eigenvalue weighted by molar-refractivity contribution is 0.0776. The molecule has 1 unspecified atom stereocenters. The molecule has 1 aliphatic rings. The number of benzene rings is 2. The van der Waals surface area contributed by atoms with E-state index in [0.29, 0.717) is 23.7 Å². The maximum atomic E-state index is 5.67. The molecule has 2 aromatic rings. The number of hydrogen-bond donors (Lipinski definition) is 0. The molecule has 0 N–H and O–H groups in total. The van der Waals surface area contributed by atoms with Crippen molar-refractivity contribution >= 4 is 0 Å². The van der Waals surface area contributed by atoms with Gasteiger partial charge in [0.2, 0.25) is 0 Å². The first-order valence-electron chi connectivity index (χ1n) is 9.02. The first kappa shape index (κ1) is 16.9. The first-order chi connectivity index (χ1) is 11.8. The van der Waals surface area contributed by atoms with Crippen molar-refractivity contribution in [2.45, 2.75) is 38.5 Å². The van der Waals surface area contributed by atoms with E-state index in [-0.39, 0.29) is 0 Å². The smallest absolute Gasteiger partial charge is 0.122 e. The lowest BCUT2D eigenvalue weighted by Crippen LogP contribution is -2.43. The van der Waals surface area contributed by atoms with E-state index in [4.69, 9.17) is 9.47 Å². The maximum Gasteiger partial charge on any atom is 0.122 e. The second kappa shape index (κ2) is 7.29. The van der Waals surface area contributed by atoms with Crippen molar-refractivity contribution in [2.24, 2.45) is 11.8 Å². The summed E-state index contributed by atoms with van der Waals surface area (Å²) in [6, 6.07) is 17.0. The van der Waals surface area contributed by atoms with Crippen molar-refractivity contribution in [3.8, 4) is 11.5 Å². The molecule has 24 heavy (non-hydrogen) atoms. The van der Waals surface area contributed by atoms with Crippen LogP contribution in [0.4, 0.5) is 0 Å². The van der Waals surface area contributed by atoms with Crippen molar-refractivity contribution in [1.82, 2.24) is 0 Å². The summed E-state index contributed by atoms with van der Waals surface area (Å²) in [6.07, 6.45) is 2.40. The molecule has 1 saturated carbocycles. The molecule has 0 bridgehead atoms. The van der Waals surface area contributed by atoms with E-state index in [0.717, 1.165) is 11.5 Å². The fourth-order valence-electron chi connectivity index (χ4n) is 4.76. The number of para-hydroxylation sites is 2. The van der Waals surface area contributed by atoms with Crippen LogP contribution in [0.1, 0.15) is 49.7 Å². The zero-order chi connectivity index (χ0) is 17.1. The Labute approximate surface area is 145 Å². The molecule has 128 valence electrons. The van der Waals surface area contributed by atoms with E-state index < -0.39 is 0 Å². The Bertz CT molecular complexity index is 620. The molecular formula is C22H28O2. The molecule has 2 heteroatoms. The van der Waals surface area contributed by atoms with Crippen LogP contribution >= 0.6 is 0 Å². The van der Waals surface area contributed by atoms with Gasteiger partial charge >= 0.3 is 0 Å². The van der Waals surface area contributed by atoms with E-state index in [1.54, 1.807) is 14.2 Å². The van der Waals surface area contributed by atoms with Crippen LogP contribution in [-0.2, 0) is 0 Å². The predicted octanol–water partition coefficient (Wildman–Crippen LogP) is 5.64. The average Bonchev–Trinajstić information content (AvgIpc) is 2.62. The van der Waals surface area contributed by atoms with Crippen molar-refractivity contribution in [3.05, 3.63) is 59.7 Å². The molecule has 1 fully saturated rings. The van der Waals surface area contributed by atoms with Crippen LogP contribution in [0, 0.1) is 11.8 Å². The molecule has 3 rings (SSSR count). The Balaban J connectivity index is 2.07. The highest BCUT2D eigenvalue weighted by Gasteiger charge is 2.50. The van der Waals surface area contributed by atoms with Gasteiger partial charge in [0, 0.05) is 0 Å². The minimum absolute atomic E-state index is 0.493. The summed E-state index contributed by atoms with van der Waals surface area (Å²) in [5, 5.41) is 0. The molecule has 0 aromatic heterocycles. The van der Waals surface area contributed by atoms with Crippen LogP contribution in [-0.4, -0.2) is 14.2 Å². The van der Waals surface area contributed by atoms with Crippen LogP contribution in [0.5, 0.6) is 11.5 Å². The summed E-state index contributed by atoms with van der Waals surface area (Å²) >= 11 is 0. The third-order valence-electron chi connectivity index (χ3n) is 5.80. The van der Waals surface area contributed by atoms with Crippen LogP contribution in [0.3, 0.4) is 0 Å². The van der Waals surface area contributed by atoms with Gasteiger partial charge in [0.05, 0.1) is 14.2 Å². The minimum atomic E-state index is 0.493. The predicted molar refractivity (Wildman–Crippen MR) is 99.0 cm³/mol. The highest BCUT2D eigenvalue weighted by molar-refractivity contribution is 5.46. The number of hydrogen-bond acceptors (Lipinski definition) is 2. The van der Waals surface area contributed by atoms with Gasteiger partial charge in [-0.1, -0.05) is 63.1 Å². The van der Waals surface area contributed by atoms with Crippen molar-refractivity contribution in [1.29, 1.82) is 0 Å². The molecule has 2 nitrogen and oxygen atoms in total. The summed E-state index contributed by atoms with van der Waals surface area (Å²) in [5.41, 5.74) is 2.68. The van der Waals surface area contributed by atoms with Crippen LogP contribution < -0.4 is 9.47 Å². The van der Waals surface area contributed by atoms with E-state index in [1.807, 2.05) is 0 Å². The van der Waals surface area contributed by atoms with E-state index in [9.17, 15) is 0 Å². The third-order valence-corrected chi connectivity index (χ3v) is 5.80. The average molecular weight is 324 g/mol. The second-order valence-electron chi connectivity index (χ2n) is 6.68. The normalized spacial score (nSPS) is 25.8. The summed E-state index contributed by atoms with van der Waals surface area (Å²) in [4.78, 5) is 0. The van der Waals surface area contributed by atoms with Gasteiger partial charge in [0.1, 0.15) is 11.5 Å². The highest BCUT2D eigenvalue weighted by atomic mass is 16.5. The Hall–Kier alpha value is -1.96. The lowest BCUT2D eigenvalue weighted by Gasteiger charge is -2.53. The van der Waals surface area contributed by atoms with Crippen molar-refractivity contribution in [2.75, 3.05) is 14.2 Å². The summed E-state index contributed by atoms with van der Waals surface area (Å²) in [5.74, 6) is 4.40. The molecule has 0 saturated heterocycles. The zero-order valence-corrected chi connectivity index (χ0v) is 15.2. The summed E-state index contributed by atoms with van der Waals surface area (Å²) < 4.78 is 11.3. The third kappa shape index (κ3) is 2.68. The molecule has 2 aromatic carbocycles. The molecule has 0 heterocycles. The van der Waals surface area contributed by atoms with Crippen LogP contribution in [0.25, 0.3) is 0 Å². The van der Waals surface area contributed by atoms with E-state index >= 15 is 0 Å². The zero-order valence-electron chi connectivity index (χ0n) is 15.2. The van der Waals surface area contributed by atoms with Gasteiger partial charge in [-0.25, -0.2) is 0 Å². The van der Waals surface area contributed by atoms with Crippen molar-refractivity contribution < 1.29 is 9.47 Å². The Kier molecular flexibility index (Phi) is 5.13. The Morgan fingerprint density at radius 2 is 1.04 bits per heavy atom. The lowest BCUT2D eigenvalue weighted by atomic mass is 9.51. The van der Waals surface area contributed by atoms with Gasteiger partial charge in [0.15, 0.2) is 0 Å². The topological polar surface area (TPSA) is 18.5 Å². The molecule has 0 aliphatic heterocycles. The fraction of sp³-hybridized carbons (Fsp3) is 0.455. The van der Waals surface area contributed by atoms with Crippen LogP contribution in [0.2, 0.25) is 0 Å². The van der Waals surface area contributed by atoms with Gasteiger partial charge in [-0.15, -0.1) is 0 Å². The quantitative estimate of drug-likeness (QED) is 0.685. The van der Waals surface area contributed by atoms with Gasteiger partial charge in [-0.2, -0.15) is 0 Å². The molecule has 0 spiro atoms. The van der Waals surface area contributed by atoms with Gasteiger partial charge in [-0.3, -0.25) is 0 Å². The van der Waals surface area contributed by atoms with E-state index in [2.05, 4.69) is 62.4 Å². The Morgan fingerprint density at radius 3 is 1.38 bits per heavy atom. The van der Waals surface area contributed by atoms with Gasteiger partial charge in [0.25, 0.3) is 0 Å². The van der Waals surface area contributed by atoms with Crippen LogP contribution in [0.15, 0.2) is 48.5 Å². The monoisotopic (exact) mass is 324 g/mol. The van der Waals surface area contributed by atoms with Gasteiger partial charge in [-0.05, 0) is 46.9 Å². The minimum Gasteiger partial charge on any atom is -0.496 e. The maximum absolute atomic E-state index is 5.67. The second-order valence-corrected chi connectivity index (χ2v) is 6.68. The molecule has 0 amide bonds. The molecule has 4 atom stereocenters. The van der Waals surface area contributed by atoms with E-state index in [1.165, 1.54) is 24.0 Å². The number of methoxy groups -OCH3 is 2. The fourth-order valence-corrected chi connectivity index (χ4v) is 4.76. The summed E-state index contributed by atoms with van der Waals surface area (Å²) in [7, 11) is 3.54.